The molecule has 0 aliphatic carbocycles. The summed E-state index contributed by atoms with van der Waals surface area (Å²) in [5.74, 6) is 0.486. The summed E-state index contributed by atoms with van der Waals surface area (Å²) < 4.78 is 0. The summed E-state index contributed by atoms with van der Waals surface area (Å²) in [4.78, 5) is 0. The minimum atomic E-state index is 0.0863. The van der Waals surface area contributed by atoms with E-state index in [-0.39, 0.29) is 18.5 Å². The molecule has 0 saturated heterocycles. The van der Waals surface area contributed by atoms with E-state index in [4.69, 9.17) is 10.9 Å². The van der Waals surface area contributed by atoms with Crippen LogP contribution in [-0.2, 0) is 6.54 Å². The average Bonchev–Trinajstić information content (AvgIpc) is 2.39. The van der Waals surface area contributed by atoms with E-state index in [1.54, 1.807) is 0 Å². The van der Waals surface area contributed by atoms with Crippen LogP contribution in [0.3, 0.4) is 0 Å². The Labute approximate surface area is 114 Å². The van der Waals surface area contributed by atoms with Crippen molar-refractivity contribution in [1.82, 2.24) is 5.32 Å². The Bertz CT molecular complexity index is 444. The van der Waals surface area contributed by atoms with Crippen LogP contribution < -0.4 is 11.1 Å². The first-order valence-electron chi connectivity index (χ1n) is 6.41. The van der Waals surface area contributed by atoms with Gasteiger partial charge in [-0.05, 0) is 30.0 Å². The largest absolute Gasteiger partial charge is 0.409 e. The lowest BCUT2D eigenvalue weighted by Crippen LogP contribution is -2.36. The Kier molecular flexibility index (Phi) is 5.79. The van der Waals surface area contributed by atoms with Gasteiger partial charge in [0.25, 0.3) is 0 Å². The topological polar surface area (TPSA) is 90.9 Å². The molecular weight excluding hydrogens is 242 g/mol. The molecule has 0 spiro atoms. The maximum atomic E-state index is 9.27. The molecule has 5 heteroatoms. The summed E-state index contributed by atoms with van der Waals surface area (Å²) in [7, 11) is 0. The summed E-state index contributed by atoms with van der Waals surface area (Å²) in [5, 5.41) is 24.2. The number of aliphatic hydroxyl groups is 1. The number of hydrogen-bond donors (Lipinski definition) is 4. The fourth-order valence-corrected chi connectivity index (χ4v) is 1.86. The molecule has 1 atom stereocenters. The minimum absolute atomic E-state index is 0.0863. The van der Waals surface area contributed by atoms with Crippen LogP contribution in [0.25, 0.3) is 0 Å². The standard InChI is InChI=1S/C14H23N3O2/c1-9(2)13(8-18)16-7-12-5-4-11(6-10(12)3)14(15)17-19/h4-6,9,13,16,18-19H,7-8H2,1-3H3,(H2,15,17)/t13-/m1/s1. The Morgan fingerprint density at radius 3 is 2.58 bits per heavy atom. The Morgan fingerprint density at radius 1 is 1.42 bits per heavy atom. The van der Waals surface area contributed by atoms with Crippen LogP contribution in [0.2, 0.25) is 0 Å². The number of rotatable bonds is 6. The highest BCUT2D eigenvalue weighted by Crippen LogP contribution is 2.12. The second-order valence-corrected chi connectivity index (χ2v) is 5.04. The number of aliphatic hydroxyl groups excluding tert-OH is 1. The fraction of sp³-hybridized carbons (Fsp3) is 0.500. The number of nitrogens with one attached hydrogen (secondary N) is 1. The lowest BCUT2D eigenvalue weighted by molar-refractivity contribution is 0.210. The second-order valence-electron chi connectivity index (χ2n) is 5.04. The SMILES string of the molecule is Cc1cc(/C(N)=N/O)ccc1CN[C@H](CO)C(C)C. The van der Waals surface area contributed by atoms with Crippen LogP contribution in [0, 0.1) is 12.8 Å². The number of benzene rings is 1. The van der Waals surface area contributed by atoms with Crippen molar-refractivity contribution >= 4 is 5.84 Å². The van der Waals surface area contributed by atoms with Crippen LogP contribution >= 0.6 is 0 Å². The maximum absolute atomic E-state index is 9.27. The Balaban J connectivity index is 2.75. The molecule has 1 aromatic carbocycles. The van der Waals surface area contributed by atoms with Gasteiger partial charge in [-0.3, -0.25) is 0 Å². The molecule has 0 amide bonds. The number of aryl methyl sites for hydroxylation is 1. The van der Waals surface area contributed by atoms with Crippen LogP contribution in [0.4, 0.5) is 0 Å². The summed E-state index contributed by atoms with van der Waals surface area (Å²) in [6, 6.07) is 5.74. The van der Waals surface area contributed by atoms with Crippen molar-refractivity contribution in [2.75, 3.05) is 6.61 Å². The van der Waals surface area contributed by atoms with E-state index < -0.39 is 0 Å². The van der Waals surface area contributed by atoms with Gasteiger partial charge >= 0.3 is 0 Å². The van der Waals surface area contributed by atoms with E-state index in [1.807, 2.05) is 25.1 Å². The molecule has 0 aromatic heterocycles. The van der Waals surface area contributed by atoms with Crippen molar-refractivity contribution in [3.05, 3.63) is 34.9 Å². The zero-order valence-electron chi connectivity index (χ0n) is 11.7. The number of oxime groups is 1. The van der Waals surface area contributed by atoms with Gasteiger partial charge in [0.1, 0.15) is 0 Å². The highest BCUT2D eigenvalue weighted by Gasteiger charge is 2.12. The van der Waals surface area contributed by atoms with E-state index in [1.165, 1.54) is 0 Å². The molecule has 19 heavy (non-hydrogen) atoms. The van der Waals surface area contributed by atoms with Crippen LogP contribution in [0.1, 0.15) is 30.5 Å². The van der Waals surface area contributed by atoms with Gasteiger partial charge < -0.3 is 21.4 Å². The van der Waals surface area contributed by atoms with E-state index in [2.05, 4.69) is 24.3 Å². The molecule has 0 bridgehead atoms. The molecule has 0 fully saturated rings. The molecular formula is C14H23N3O2. The molecule has 1 rings (SSSR count). The zero-order chi connectivity index (χ0) is 14.4. The first-order chi connectivity index (χ1) is 8.99. The zero-order valence-corrected chi connectivity index (χ0v) is 11.7. The third-order valence-corrected chi connectivity index (χ3v) is 3.30. The van der Waals surface area contributed by atoms with E-state index >= 15 is 0 Å². The molecule has 0 radical (unpaired) electrons. The normalized spacial score (nSPS) is 13.8. The molecule has 0 aliphatic heterocycles. The van der Waals surface area contributed by atoms with Crippen LogP contribution in [0.5, 0.6) is 0 Å². The third-order valence-electron chi connectivity index (χ3n) is 3.30. The maximum Gasteiger partial charge on any atom is 0.170 e. The number of nitrogens with zero attached hydrogens (tertiary/aromatic N) is 1. The summed E-state index contributed by atoms with van der Waals surface area (Å²) in [6.07, 6.45) is 0. The van der Waals surface area contributed by atoms with Crippen LogP contribution in [-0.4, -0.2) is 28.8 Å². The number of amidine groups is 1. The number of hydrogen-bond acceptors (Lipinski definition) is 4. The predicted octanol–water partition coefficient (Wildman–Crippen LogP) is 1.20. The van der Waals surface area contributed by atoms with Crippen molar-refractivity contribution < 1.29 is 10.3 Å². The number of nitrogens with two attached hydrogens (primary N) is 1. The van der Waals surface area contributed by atoms with Crippen molar-refractivity contribution in [3.8, 4) is 0 Å². The van der Waals surface area contributed by atoms with Gasteiger partial charge in [0, 0.05) is 18.2 Å². The highest BCUT2D eigenvalue weighted by molar-refractivity contribution is 5.97. The third kappa shape index (κ3) is 4.22. The average molecular weight is 265 g/mol. The summed E-state index contributed by atoms with van der Waals surface area (Å²) >= 11 is 0. The van der Waals surface area contributed by atoms with Gasteiger partial charge in [0.05, 0.1) is 6.61 Å². The molecule has 5 N–H and O–H groups in total. The fourth-order valence-electron chi connectivity index (χ4n) is 1.86. The molecule has 0 heterocycles. The van der Waals surface area contributed by atoms with Gasteiger partial charge in [-0.15, -0.1) is 0 Å². The van der Waals surface area contributed by atoms with Gasteiger partial charge in [-0.25, -0.2) is 0 Å². The van der Waals surface area contributed by atoms with E-state index in [0.29, 0.717) is 18.0 Å². The molecule has 0 unspecified atom stereocenters. The minimum Gasteiger partial charge on any atom is -0.409 e. The Morgan fingerprint density at radius 2 is 2.11 bits per heavy atom. The Hall–Kier alpha value is -1.59. The van der Waals surface area contributed by atoms with E-state index in [0.717, 1.165) is 11.1 Å². The highest BCUT2D eigenvalue weighted by atomic mass is 16.4. The van der Waals surface area contributed by atoms with Gasteiger partial charge in [0.2, 0.25) is 0 Å². The van der Waals surface area contributed by atoms with E-state index in [9.17, 15) is 5.11 Å². The van der Waals surface area contributed by atoms with Gasteiger partial charge in [-0.2, -0.15) is 0 Å². The first kappa shape index (κ1) is 15.5. The first-order valence-corrected chi connectivity index (χ1v) is 6.41. The monoisotopic (exact) mass is 265 g/mol. The predicted molar refractivity (Wildman–Crippen MR) is 76.2 cm³/mol. The second kappa shape index (κ2) is 7.11. The van der Waals surface area contributed by atoms with Crippen LogP contribution in [0.15, 0.2) is 23.4 Å². The van der Waals surface area contributed by atoms with Crippen molar-refractivity contribution in [2.45, 2.75) is 33.4 Å². The van der Waals surface area contributed by atoms with Crippen molar-refractivity contribution in [2.24, 2.45) is 16.8 Å². The van der Waals surface area contributed by atoms with Crippen molar-refractivity contribution in [1.29, 1.82) is 0 Å². The summed E-state index contributed by atoms with van der Waals surface area (Å²) in [5.41, 5.74) is 8.45. The van der Waals surface area contributed by atoms with Gasteiger partial charge in [0.15, 0.2) is 5.84 Å². The lowest BCUT2D eigenvalue weighted by Gasteiger charge is -2.20. The quantitative estimate of drug-likeness (QED) is 0.269. The molecule has 5 nitrogen and oxygen atoms in total. The molecule has 0 aliphatic rings. The molecule has 1 aromatic rings. The summed E-state index contributed by atoms with van der Waals surface area (Å²) in [6.45, 7) is 6.93. The smallest absolute Gasteiger partial charge is 0.170 e. The molecule has 0 saturated carbocycles. The lowest BCUT2D eigenvalue weighted by atomic mass is 10.0. The van der Waals surface area contributed by atoms with Crippen molar-refractivity contribution in [3.63, 3.8) is 0 Å². The molecule has 106 valence electrons. The van der Waals surface area contributed by atoms with Gasteiger partial charge in [-0.1, -0.05) is 31.1 Å².